The first kappa shape index (κ1) is 13.6. The molecule has 0 bridgehead atoms. The largest absolute Gasteiger partial charge is 0.308 e. The van der Waals surface area contributed by atoms with Crippen LogP contribution in [-0.2, 0) is 0 Å². The molecule has 100 valence electrons. The van der Waals surface area contributed by atoms with Gasteiger partial charge in [-0.05, 0) is 63.6 Å². The molecule has 0 heterocycles. The van der Waals surface area contributed by atoms with E-state index in [0.717, 1.165) is 5.92 Å². The number of benzene rings is 1. The third kappa shape index (κ3) is 3.35. The highest BCUT2D eigenvalue weighted by atomic mass is 14.9. The molecule has 1 nitrogen and oxygen atoms in total. The molecule has 1 heteroatoms. The van der Waals surface area contributed by atoms with E-state index in [1.54, 1.807) is 0 Å². The van der Waals surface area contributed by atoms with E-state index < -0.39 is 0 Å². The predicted molar refractivity (Wildman–Crippen MR) is 79.0 cm³/mol. The molecule has 0 amide bonds. The molecular weight excluding hydrogens is 218 g/mol. The molecule has 1 aromatic rings. The van der Waals surface area contributed by atoms with Crippen molar-refractivity contribution in [3.63, 3.8) is 0 Å². The van der Waals surface area contributed by atoms with E-state index in [0.29, 0.717) is 12.1 Å². The zero-order chi connectivity index (χ0) is 13.3. The SMILES string of the molecule is Cc1cc(C)c(C(C)NC(C)CC2CC2)c(C)c1. The van der Waals surface area contributed by atoms with Crippen molar-refractivity contribution >= 4 is 0 Å². The maximum Gasteiger partial charge on any atom is 0.0299 e. The summed E-state index contributed by atoms with van der Waals surface area (Å²) in [4.78, 5) is 0. The van der Waals surface area contributed by atoms with E-state index in [2.05, 4.69) is 52.1 Å². The van der Waals surface area contributed by atoms with Gasteiger partial charge in [-0.15, -0.1) is 0 Å². The standard InChI is InChI=1S/C17H27N/c1-11-8-12(2)17(13(3)9-11)15(5)18-14(4)10-16-6-7-16/h8-9,14-16,18H,6-7,10H2,1-5H3. The second kappa shape index (κ2) is 5.44. The van der Waals surface area contributed by atoms with E-state index >= 15 is 0 Å². The van der Waals surface area contributed by atoms with Crippen LogP contribution in [0.15, 0.2) is 12.1 Å². The van der Waals surface area contributed by atoms with Gasteiger partial charge >= 0.3 is 0 Å². The summed E-state index contributed by atoms with van der Waals surface area (Å²) in [6, 6.07) is 5.69. The van der Waals surface area contributed by atoms with E-state index in [1.807, 2.05) is 0 Å². The zero-order valence-electron chi connectivity index (χ0n) is 12.5. The van der Waals surface area contributed by atoms with Crippen LogP contribution in [0.1, 0.15) is 61.4 Å². The minimum atomic E-state index is 0.458. The van der Waals surface area contributed by atoms with Gasteiger partial charge in [-0.3, -0.25) is 0 Å². The third-order valence-electron chi connectivity index (χ3n) is 4.09. The van der Waals surface area contributed by atoms with Crippen LogP contribution in [0, 0.1) is 26.7 Å². The summed E-state index contributed by atoms with van der Waals surface area (Å²) in [6.07, 6.45) is 4.24. The Labute approximate surface area is 112 Å². The molecule has 0 aliphatic heterocycles. The van der Waals surface area contributed by atoms with Crippen LogP contribution < -0.4 is 5.32 Å². The van der Waals surface area contributed by atoms with E-state index in [1.165, 1.54) is 41.5 Å². The summed E-state index contributed by atoms with van der Waals surface area (Å²) in [7, 11) is 0. The van der Waals surface area contributed by atoms with Gasteiger partial charge in [-0.1, -0.05) is 30.5 Å². The lowest BCUT2D eigenvalue weighted by molar-refractivity contribution is 0.436. The van der Waals surface area contributed by atoms with Crippen LogP contribution >= 0.6 is 0 Å². The summed E-state index contributed by atoms with van der Waals surface area (Å²) >= 11 is 0. The number of hydrogen-bond acceptors (Lipinski definition) is 1. The lowest BCUT2D eigenvalue weighted by Gasteiger charge is -2.24. The summed E-state index contributed by atoms with van der Waals surface area (Å²) in [5, 5.41) is 3.77. The van der Waals surface area contributed by atoms with Gasteiger partial charge in [0.2, 0.25) is 0 Å². The average Bonchev–Trinajstić information content (AvgIpc) is 2.98. The van der Waals surface area contributed by atoms with Crippen molar-refractivity contribution in [1.82, 2.24) is 5.32 Å². The number of rotatable bonds is 5. The van der Waals surface area contributed by atoms with Crippen molar-refractivity contribution < 1.29 is 0 Å². The minimum absolute atomic E-state index is 0.458. The second-order valence-electron chi connectivity index (χ2n) is 6.28. The first-order chi connectivity index (χ1) is 8.47. The predicted octanol–water partition coefficient (Wildman–Crippen LogP) is 4.45. The monoisotopic (exact) mass is 245 g/mol. The Balaban J connectivity index is 2.05. The Morgan fingerprint density at radius 2 is 1.67 bits per heavy atom. The molecule has 2 atom stereocenters. The first-order valence-corrected chi connectivity index (χ1v) is 7.31. The Hall–Kier alpha value is -0.820. The fourth-order valence-corrected chi connectivity index (χ4v) is 3.31. The summed E-state index contributed by atoms with van der Waals surface area (Å²) in [5.41, 5.74) is 5.70. The van der Waals surface area contributed by atoms with Crippen molar-refractivity contribution in [2.75, 3.05) is 0 Å². The van der Waals surface area contributed by atoms with Crippen LogP contribution in [0.3, 0.4) is 0 Å². The molecular formula is C17H27N. The molecule has 0 saturated heterocycles. The Bertz CT molecular complexity index is 395. The molecule has 1 aromatic carbocycles. The highest BCUT2D eigenvalue weighted by Gasteiger charge is 2.24. The number of aryl methyl sites for hydroxylation is 3. The van der Waals surface area contributed by atoms with E-state index in [-0.39, 0.29) is 0 Å². The van der Waals surface area contributed by atoms with Gasteiger partial charge < -0.3 is 5.32 Å². The van der Waals surface area contributed by atoms with Gasteiger partial charge in [0, 0.05) is 12.1 Å². The van der Waals surface area contributed by atoms with Gasteiger partial charge in [0.15, 0.2) is 0 Å². The van der Waals surface area contributed by atoms with E-state index in [9.17, 15) is 0 Å². The number of nitrogens with one attached hydrogen (secondary N) is 1. The highest BCUT2D eigenvalue weighted by molar-refractivity contribution is 5.39. The minimum Gasteiger partial charge on any atom is -0.308 e. The lowest BCUT2D eigenvalue weighted by Crippen LogP contribution is -2.30. The van der Waals surface area contributed by atoms with Crippen molar-refractivity contribution in [1.29, 1.82) is 0 Å². The smallest absolute Gasteiger partial charge is 0.0299 e. The van der Waals surface area contributed by atoms with Crippen LogP contribution in [0.2, 0.25) is 0 Å². The molecule has 0 radical (unpaired) electrons. The molecule has 0 spiro atoms. The molecule has 1 fully saturated rings. The third-order valence-corrected chi connectivity index (χ3v) is 4.09. The maximum absolute atomic E-state index is 3.77. The quantitative estimate of drug-likeness (QED) is 0.808. The van der Waals surface area contributed by atoms with Gasteiger partial charge in [0.25, 0.3) is 0 Å². The summed E-state index contributed by atoms with van der Waals surface area (Å²) in [6.45, 7) is 11.3. The molecule has 1 aliphatic rings. The van der Waals surface area contributed by atoms with Gasteiger partial charge in [-0.25, -0.2) is 0 Å². The number of hydrogen-bond donors (Lipinski definition) is 1. The van der Waals surface area contributed by atoms with Gasteiger partial charge in [-0.2, -0.15) is 0 Å². The van der Waals surface area contributed by atoms with Crippen LogP contribution in [-0.4, -0.2) is 6.04 Å². The maximum atomic E-state index is 3.77. The van der Waals surface area contributed by atoms with Crippen LogP contribution in [0.5, 0.6) is 0 Å². The van der Waals surface area contributed by atoms with Gasteiger partial charge in [0.05, 0.1) is 0 Å². The first-order valence-electron chi connectivity index (χ1n) is 7.31. The average molecular weight is 245 g/mol. The Morgan fingerprint density at radius 1 is 1.11 bits per heavy atom. The molecule has 1 saturated carbocycles. The van der Waals surface area contributed by atoms with Crippen LogP contribution in [0.25, 0.3) is 0 Å². The highest BCUT2D eigenvalue weighted by Crippen LogP contribution is 2.34. The topological polar surface area (TPSA) is 12.0 Å². The van der Waals surface area contributed by atoms with Crippen molar-refractivity contribution in [3.8, 4) is 0 Å². The Morgan fingerprint density at radius 3 is 2.17 bits per heavy atom. The van der Waals surface area contributed by atoms with Crippen molar-refractivity contribution in [2.24, 2.45) is 5.92 Å². The van der Waals surface area contributed by atoms with Crippen LogP contribution in [0.4, 0.5) is 0 Å². The Kier molecular flexibility index (Phi) is 4.11. The van der Waals surface area contributed by atoms with Crippen molar-refractivity contribution in [2.45, 2.75) is 66.0 Å². The molecule has 1 aliphatic carbocycles. The molecule has 1 N–H and O–H groups in total. The van der Waals surface area contributed by atoms with E-state index in [4.69, 9.17) is 0 Å². The zero-order valence-corrected chi connectivity index (χ0v) is 12.5. The molecule has 2 unspecified atom stereocenters. The molecule has 0 aromatic heterocycles. The van der Waals surface area contributed by atoms with Gasteiger partial charge in [0.1, 0.15) is 0 Å². The molecule has 2 rings (SSSR count). The normalized spacial score (nSPS) is 18.7. The summed E-state index contributed by atoms with van der Waals surface area (Å²) in [5.74, 6) is 1.000. The summed E-state index contributed by atoms with van der Waals surface area (Å²) < 4.78 is 0. The fraction of sp³-hybridized carbons (Fsp3) is 0.647. The lowest BCUT2D eigenvalue weighted by atomic mass is 9.94. The van der Waals surface area contributed by atoms with Crippen molar-refractivity contribution in [3.05, 3.63) is 34.4 Å². The second-order valence-corrected chi connectivity index (χ2v) is 6.28. The molecule has 18 heavy (non-hydrogen) atoms. The fourth-order valence-electron chi connectivity index (χ4n) is 3.31.